The summed E-state index contributed by atoms with van der Waals surface area (Å²) in [7, 11) is 0. The molecule has 5 heteroatoms. The van der Waals surface area contributed by atoms with Gasteiger partial charge in [-0.2, -0.15) is 0 Å². The van der Waals surface area contributed by atoms with Crippen LogP contribution in [0.5, 0.6) is 0 Å². The molecule has 0 aromatic rings. The van der Waals surface area contributed by atoms with Gasteiger partial charge >= 0.3 is 11.9 Å². The molecule has 5 nitrogen and oxygen atoms in total. The highest BCUT2D eigenvalue weighted by atomic mass is 16.7. The normalized spacial score (nSPS) is 11.9. The summed E-state index contributed by atoms with van der Waals surface area (Å²) in [5, 5.41) is 8.41. The molecule has 1 atom stereocenters. The number of carboxylic acids is 1. The average Bonchev–Trinajstić information content (AvgIpc) is 2.13. The van der Waals surface area contributed by atoms with Crippen molar-refractivity contribution in [2.24, 2.45) is 0 Å². The third-order valence-electron chi connectivity index (χ3n) is 1.48. The highest BCUT2D eigenvalue weighted by Crippen LogP contribution is 2.04. The van der Waals surface area contributed by atoms with Crippen LogP contribution in [0.15, 0.2) is 12.2 Å². The minimum absolute atomic E-state index is 0.0885. The van der Waals surface area contributed by atoms with Crippen LogP contribution in [0.3, 0.4) is 0 Å². The summed E-state index contributed by atoms with van der Waals surface area (Å²) < 4.78 is 9.88. The summed E-state index contributed by atoms with van der Waals surface area (Å²) in [4.78, 5) is 21.5. The van der Waals surface area contributed by atoms with E-state index in [0.29, 0.717) is 6.61 Å². The van der Waals surface area contributed by atoms with E-state index in [1.54, 1.807) is 6.92 Å². The second-order valence-electron chi connectivity index (χ2n) is 3.02. The Morgan fingerprint density at radius 1 is 1.47 bits per heavy atom. The third kappa shape index (κ3) is 6.68. The summed E-state index contributed by atoms with van der Waals surface area (Å²) in [6, 6.07) is 0. The first kappa shape index (κ1) is 13.6. The molecule has 0 amide bonds. The van der Waals surface area contributed by atoms with Crippen LogP contribution in [-0.4, -0.2) is 29.9 Å². The van der Waals surface area contributed by atoms with Crippen LogP contribution >= 0.6 is 0 Å². The number of carbonyl (C=O) groups excluding carboxylic acids is 1. The number of aliphatic carboxylic acids is 1. The number of esters is 1. The Morgan fingerprint density at radius 2 is 2.07 bits per heavy atom. The van der Waals surface area contributed by atoms with Gasteiger partial charge in [0.05, 0.1) is 13.0 Å². The monoisotopic (exact) mass is 216 g/mol. The van der Waals surface area contributed by atoms with E-state index in [-0.39, 0.29) is 5.57 Å². The smallest absolute Gasteiger partial charge is 0.336 e. The second-order valence-corrected chi connectivity index (χ2v) is 3.02. The molecule has 0 aliphatic heterocycles. The number of ether oxygens (including phenoxy) is 2. The number of rotatable bonds is 7. The minimum atomic E-state index is -1.11. The van der Waals surface area contributed by atoms with E-state index >= 15 is 0 Å². The summed E-state index contributed by atoms with van der Waals surface area (Å²) in [6.45, 7) is 7.30. The molecule has 0 aromatic carbocycles. The van der Waals surface area contributed by atoms with E-state index in [1.807, 2.05) is 6.92 Å². The highest BCUT2D eigenvalue weighted by Gasteiger charge is 2.15. The molecule has 0 aliphatic rings. The molecule has 15 heavy (non-hydrogen) atoms. The van der Waals surface area contributed by atoms with Crippen molar-refractivity contribution in [1.82, 2.24) is 0 Å². The molecular weight excluding hydrogens is 200 g/mol. The number of carboxylic acid groups (broad SMARTS) is 1. The number of carbonyl (C=O) groups is 2. The van der Waals surface area contributed by atoms with Gasteiger partial charge in [0.15, 0.2) is 6.29 Å². The van der Waals surface area contributed by atoms with Crippen LogP contribution in [0, 0.1) is 0 Å². The molecular formula is C10H16O5. The van der Waals surface area contributed by atoms with Gasteiger partial charge < -0.3 is 14.6 Å². The van der Waals surface area contributed by atoms with Gasteiger partial charge in [0.25, 0.3) is 0 Å². The summed E-state index contributed by atoms with van der Waals surface area (Å²) in [5.74, 6) is -1.85. The molecule has 0 aromatic heterocycles. The van der Waals surface area contributed by atoms with Crippen LogP contribution in [0.25, 0.3) is 0 Å². The Bertz CT molecular complexity index is 246. The molecule has 0 bridgehead atoms. The lowest BCUT2D eigenvalue weighted by Gasteiger charge is -2.13. The van der Waals surface area contributed by atoms with Crippen LogP contribution in [-0.2, 0) is 19.1 Å². The molecule has 0 aliphatic carbocycles. The Labute approximate surface area is 88.7 Å². The maximum Gasteiger partial charge on any atom is 0.336 e. The fourth-order valence-electron chi connectivity index (χ4n) is 0.807. The Morgan fingerprint density at radius 3 is 2.53 bits per heavy atom. The molecule has 0 saturated heterocycles. The first-order chi connectivity index (χ1) is 6.97. The van der Waals surface area contributed by atoms with Crippen molar-refractivity contribution in [2.75, 3.05) is 6.61 Å². The van der Waals surface area contributed by atoms with Gasteiger partial charge in [-0.25, -0.2) is 4.79 Å². The molecule has 0 saturated carbocycles. The lowest BCUT2D eigenvalue weighted by molar-refractivity contribution is -0.170. The van der Waals surface area contributed by atoms with Crippen molar-refractivity contribution in [2.45, 2.75) is 33.0 Å². The van der Waals surface area contributed by atoms with E-state index in [2.05, 4.69) is 6.58 Å². The van der Waals surface area contributed by atoms with Crippen molar-refractivity contribution in [3.8, 4) is 0 Å². The van der Waals surface area contributed by atoms with Crippen molar-refractivity contribution < 1.29 is 24.2 Å². The SMILES string of the molecule is C=C(CC(=O)O)C(=O)OC(C)OCCC. The molecule has 0 radical (unpaired) electrons. The molecule has 1 N–H and O–H groups in total. The van der Waals surface area contributed by atoms with E-state index in [4.69, 9.17) is 14.6 Å². The summed E-state index contributed by atoms with van der Waals surface area (Å²) >= 11 is 0. The quantitative estimate of drug-likeness (QED) is 0.395. The van der Waals surface area contributed by atoms with E-state index in [1.165, 1.54) is 0 Å². The minimum Gasteiger partial charge on any atom is -0.481 e. The largest absolute Gasteiger partial charge is 0.481 e. The standard InChI is InChI=1S/C10H16O5/c1-4-5-14-8(3)15-10(13)7(2)6-9(11)12/h8H,2,4-6H2,1,3H3,(H,11,12). The van der Waals surface area contributed by atoms with Gasteiger partial charge in [-0.3, -0.25) is 4.79 Å². The molecule has 86 valence electrons. The lowest BCUT2D eigenvalue weighted by atomic mass is 10.2. The molecule has 0 rings (SSSR count). The van der Waals surface area contributed by atoms with Gasteiger partial charge in [0.1, 0.15) is 0 Å². The Kier molecular flexibility index (Phi) is 6.37. The molecule has 1 unspecified atom stereocenters. The molecule has 0 fully saturated rings. The number of hydrogen-bond donors (Lipinski definition) is 1. The lowest BCUT2D eigenvalue weighted by Crippen LogP contribution is -2.20. The van der Waals surface area contributed by atoms with E-state index < -0.39 is 24.6 Å². The first-order valence-electron chi connectivity index (χ1n) is 4.69. The fourth-order valence-corrected chi connectivity index (χ4v) is 0.807. The predicted molar refractivity (Wildman–Crippen MR) is 53.2 cm³/mol. The van der Waals surface area contributed by atoms with E-state index in [0.717, 1.165) is 6.42 Å². The van der Waals surface area contributed by atoms with Crippen molar-refractivity contribution in [3.05, 3.63) is 12.2 Å². The molecule has 0 spiro atoms. The zero-order chi connectivity index (χ0) is 11.8. The Balaban J connectivity index is 3.90. The van der Waals surface area contributed by atoms with Crippen LogP contribution < -0.4 is 0 Å². The van der Waals surface area contributed by atoms with Crippen LogP contribution in [0.2, 0.25) is 0 Å². The van der Waals surface area contributed by atoms with Gasteiger partial charge in [-0.15, -0.1) is 0 Å². The van der Waals surface area contributed by atoms with Gasteiger partial charge in [0.2, 0.25) is 0 Å². The zero-order valence-electron chi connectivity index (χ0n) is 8.99. The van der Waals surface area contributed by atoms with Gasteiger partial charge in [0, 0.05) is 5.57 Å². The van der Waals surface area contributed by atoms with E-state index in [9.17, 15) is 9.59 Å². The number of hydrogen-bond acceptors (Lipinski definition) is 4. The van der Waals surface area contributed by atoms with Crippen molar-refractivity contribution in [1.29, 1.82) is 0 Å². The highest BCUT2D eigenvalue weighted by molar-refractivity contribution is 5.92. The van der Waals surface area contributed by atoms with Crippen molar-refractivity contribution in [3.63, 3.8) is 0 Å². The average molecular weight is 216 g/mol. The maximum atomic E-state index is 11.2. The predicted octanol–water partition coefficient (Wildman–Crippen LogP) is 1.33. The zero-order valence-corrected chi connectivity index (χ0v) is 8.99. The topological polar surface area (TPSA) is 72.8 Å². The van der Waals surface area contributed by atoms with Crippen LogP contribution in [0.1, 0.15) is 26.7 Å². The summed E-state index contributed by atoms with van der Waals surface area (Å²) in [5.41, 5.74) is -0.0885. The van der Waals surface area contributed by atoms with Gasteiger partial charge in [-0.1, -0.05) is 13.5 Å². The third-order valence-corrected chi connectivity index (χ3v) is 1.48. The molecule has 0 heterocycles. The second kappa shape index (κ2) is 7.00. The summed E-state index contributed by atoms with van der Waals surface area (Å²) in [6.07, 6.45) is -0.278. The first-order valence-corrected chi connectivity index (χ1v) is 4.69. The van der Waals surface area contributed by atoms with Crippen molar-refractivity contribution >= 4 is 11.9 Å². The van der Waals surface area contributed by atoms with Gasteiger partial charge in [-0.05, 0) is 13.3 Å². The van der Waals surface area contributed by atoms with Crippen LogP contribution in [0.4, 0.5) is 0 Å². The Hall–Kier alpha value is -1.36. The maximum absolute atomic E-state index is 11.2. The fraction of sp³-hybridized carbons (Fsp3) is 0.600.